The standard InChI is InChI=1S/C15H17N3S/c1-2-13(15-17-7-8-19-15)18-10-11-3-4-14-12(9-11)5-6-16-14/h3-9,13,16,18H,2,10H2,1H3. The molecule has 3 aromatic rings. The Kier molecular flexibility index (Phi) is 3.62. The summed E-state index contributed by atoms with van der Waals surface area (Å²) in [6.45, 7) is 3.06. The van der Waals surface area contributed by atoms with Gasteiger partial charge in [-0.1, -0.05) is 13.0 Å². The second kappa shape index (κ2) is 5.55. The van der Waals surface area contributed by atoms with Gasteiger partial charge in [-0.15, -0.1) is 11.3 Å². The van der Waals surface area contributed by atoms with Crippen LogP contribution in [0.15, 0.2) is 42.0 Å². The van der Waals surface area contributed by atoms with Crippen LogP contribution in [0, 0.1) is 0 Å². The molecule has 98 valence electrons. The van der Waals surface area contributed by atoms with E-state index in [0.29, 0.717) is 6.04 Å². The van der Waals surface area contributed by atoms with Crippen LogP contribution in [-0.4, -0.2) is 9.97 Å². The fraction of sp³-hybridized carbons (Fsp3) is 0.267. The summed E-state index contributed by atoms with van der Waals surface area (Å²) in [6, 6.07) is 8.99. The first-order valence-electron chi connectivity index (χ1n) is 6.55. The van der Waals surface area contributed by atoms with E-state index in [9.17, 15) is 0 Å². The molecule has 0 aliphatic carbocycles. The number of fused-ring (bicyclic) bond motifs is 1. The van der Waals surface area contributed by atoms with Gasteiger partial charge in [0.05, 0.1) is 6.04 Å². The van der Waals surface area contributed by atoms with Gasteiger partial charge in [-0.3, -0.25) is 0 Å². The first kappa shape index (κ1) is 12.4. The minimum Gasteiger partial charge on any atom is -0.361 e. The second-order valence-corrected chi connectivity index (χ2v) is 5.54. The SMILES string of the molecule is CCC(NCc1ccc2[nH]ccc2c1)c1nccs1. The normalized spacial score (nSPS) is 12.9. The highest BCUT2D eigenvalue weighted by atomic mass is 32.1. The molecule has 1 aromatic carbocycles. The van der Waals surface area contributed by atoms with E-state index in [0.717, 1.165) is 13.0 Å². The van der Waals surface area contributed by atoms with E-state index in [1.54, 1.807) is 11.3 Å². The average molecular weight is 271 g/mol. The number of nitrogens with one attached hydrogen (secondary N) is 2. The number of hydrogen-bond donors (Lipinski definition) is 2. The molecule has 3 nitrogen and oxygen atoms in total. The number of aromatic amines is 1. The summed E-state index contributed by atoms with van der Waals surface area (Å²) in [4.78, 5) is 7.61. The maximum Gasteiger partial charge on any atom is 0.109 e. The van der Waals surface area contributed by atoms with Crippen molar-refractivity contribution in [1.29, 1.82) is 0 Å². The van der Waals surface area contributed by atoms with Gasteiger partial charge in [0, 0.05) is 29.8 Å². The van der Waals surface area contributed by atoms with Gasteiger partial charge in [0.15, 0.2) is 0 Å². The van der Waals surface area contributed by atoms with Crippen molar-refractivity contribution < 1.29 is 0 Å². The highest BCUT2D eigenvalue weighted by molar-refractivity contribution is 7.09. The number of hydrogen-bond acceptors (Lipinski definition) is 3. The molecule has 0 bridgehead atoms. The number of aromatic nitrogens is 2. The molecule has 0 amide bonds. The summed E-state index contributed by atoms with van der Waals surface area (Å²) >= 11 is 1.72. The van der Waals surface area contributed by atoms with E-state index in [1.165, 1.54) is 21.5 Å². The molecule has 1 unspecified atom stereocenters. The van der Waals surface area contributed by atoms with Crippen molar-refractivity contribution in [3.05, 3.63) is 52.6 Å². The Morgan fingerprint density at radius 1 is 1.37 bits per heavy atom. The lowest BCUT2D eigenvalue weighted by Crippen LogP contribution is -2.20. The molecule has 2 N–H and O–H groups in total. The Bertz CT molecular complexity index is 642. The molecular weight excluding hydrogens is 254 g/mol. The van der Waals surface area contributed by atoms with Gasteiger partial charge in [0.2, 0.25) is 0 Å². The number of H-pyrrole nitrogens is 1. The molecule has 0 fully saturated rings. The van der Waals surface area contributed by atoms with Crippen LogP contribution in [0.25, 0.3) is 10.9 Å². The van der Waals surface area contributed by atoms with Crippen molar-refractivity contribution in [1.82, 2.24) is 15.3 Å². The molecule has 0 spiro atoms. The zero-order valence-electron chi connectivity index (χ0n) is 10.9. The van der Waals surface area contributed by atoms with E-state index in [1.807, 2.05) is 17.8 Å². The molecule has 2 aromatic heterocycles. The van der Waals surface area contributed by atoms with E-state index in [4.69, 9.17) is 0 Å². The summed E-state index contributed by atoms with van der Waals surface area (Å²) in [6.07, 6.45) is 4.91. The van der Waals surface area contributed by atoms with Crippen molar-refractivity contribution in [2.24, 2.45) is 0 Å². The monoisotopic (exact) mass is 271 g/mol. The summed E-state index contributed by atoms with van der Waals surface area (Å²) in [7, 11) is 0. The Labute approximate surface area is 116 Å². The van der Waals surface area contributed by atoms with Gasteiger partial charge >= 0.3 is 0 Å². The van der Waals surface area contributed by atoms with Gasteiger partial charge in [-0.2, -0.15) is 0 Å². The lowest BCUT2D eigenvalue weighted by molar-refractivity contribution is 0.517. The van der Waals surface area contributed by atoms with Crippen LogP contribution in [-0.2, 0) is 6.54 Å². The van der Waals surface area contributed by atoms with Crippen LogP contribution in [0.2, 0.25) is 0 Å². The highest BCUT2D eigenvalue weighted by Crippen LogP contribution is 2.20. The first-order valence-corrected chi connectivity index (χ1v) is 7.43. The minimum atomic E-state index is 0.349. The number of benzene rings is 1. The summed E-state index contributed by atoms with van der Waals surface area (Å²) in [5, 5.41) is 8.05. The molecule has 0 radical (unpaired) electrons. The molecule has 19 heavy (non-hydrogen) atoms. The third-order valence-electron chi connectivity index (χ3n) is 3.33. The van der Waals surface area contributed by atoms with Crippen molar-refractivity contribution in [2.45, 2.75) is 25.9 Å². The predicted octanol–water partition coefficient (Wildman–Crippen LogP) is 3.87. The second-order valence-electron chi connectivity index (χ2n) is 4.61. The largest absolute Gasteiger partial charge is 0.361 e. The molecule has 4 heteroatoms. The Balaban J connectivity index is 1.70. The smallest absolute Gasteiger partial charge is 0.109 e. The van der Waals surface area contributed by atoms with Crippen LogP contribution in [0.4, 0.5) is 0 Å². The van der Waals surface area contributed by atoms with Gasteiger partial charge in [0.1, 0.15) is 5.01 Å². The van der Waals surface area contributed by atoms with Crippen molar-refractivity contribution >= 4 is 22.2 Å². The fourth-order valence-electron chi connectivity index (χ4n) is 2.27. The molecule has 0 aliphatic rings. The lowest BCUT2D eigenvalue weighted by atomic mass is 10.1. The quantitative estimate of drug-likeness (QED) is 0.739. The van der Waals surface area contributed by atoms with Crippen LogP contribution >= 0.6 is 11.3 Å². The van der Waals surface area contributed by atoms with Crippen molar-refractivity contribution in [2.75, 3.05) is 0 Å². The van der Waals surface area contributed by atoms with Crippen LogP contribution < -0.4 is 5.32 Å². The zero-order chi connectivity index (χ0) is 13.1. The van der Waals surface area contributed by atoms with Crippen LogP contribution in [0.5, 0.6) is 0 Å². The molecule has 2 heterocycles. The average Bonchev–Trinajstić information content (AvgIpc) is 3.10. The first-order chi connectivity index (χ1) is 9.36. The topological polar surface area (TPSA) is 40.7 Å². The van der Waals surface area contributed by atoms with Gasteiger partial charge in [0.25, 0.3) is 0 Å². The third-order valence-corrected chi connectivity index (χ3v) is 4.22. The zero-order valence-corrected chi connectivity index (χ0v) is 11.7. The highest BCUT2D eigenvalue weighted by Gasteiger charge is 2.10. The summed E-state index contributed by atoms with van der Waals surface area (Å²) in [5.41, 5.74) is 2.50. The van der Waals surface area contributed by atoms with Gasteiger partial charge in [-0.05, 0) is 35.6 Å². The van der Waals surface area contributed by atoms with E-state index in [2.05, 4.69) is 46.5 Å². The number of nitrogens with zero attached hydrogens (tertiary/aromatic N) is 1. The maximum atomic E-state index is 4.39. The molecule has 0 saturated heterocycles. The maximum absolute atomic E-state index is 4.39. The van der Waals surface area contributed by atoms with Crippen molar-refractivity contribution in [3.63, 3.8) is 0 Å². The Morgan fingerprint density at radius 3 is 3.11 bits per heavy atom. The lowest BCUT2D eigenvalue weighted by Gasteiger charge is -2.14. The summed E-state index contributed by atoms with van der Waals surface area (Å²) < 4.78 is 0. The van der Waals surface area contributed by atoms with Gasteiger partial charge < -0.3 is 10.3 Å². The number of rotatable bonds is 5. The molecule has 0 saturated carbocycles. The van der Waals surface area contributed by atoms with E-state index >= 15 is 0 Å². The summed E-state index contributed by atoms with van der Waals surface area (Å²) in [5.74, 6) is 0. The van der Waals surface area contributed by atoms with E-state index in [-0.39, 0.29) is 0 Å². The number of thiazole rings is 1. The minimum absolute atomic E-state index is 0.349. The third kappa shape index (κ3) is 2.69. The van der Waals surface area contributed by atoms with Gasteiger partial charge in [-0.25, -0.2) is 4.98 Å². The molecule has 3 rings (SSSR count). The Hall–Kier alpha value is -1.65. The molecular formula is C15H17N3S. The fourth-order valence-corrected chi connectivity index (χ4v) is 3.06. The molecule has 1 atom stereocenters. The molecule has 0 aliphatic heterocycles. The Morgan fingerprint density at radius 2 is 2.32 bits per heavy atom. The van der Waals surface area contributed by atoms with Crippen LogP contribution in [0.3, 0.4) is 0 Å². The van der Waals surface area contributed by atoms with Crippen molar-refractivity contribution in [3.8, 4) is 0 Å². The predicted molar refractivity (Wildman–Crippen MR) is 80.3 cm³/mol. The van der Waals surface area contributed by atoms with Crippen LogP contribution in [0.1, 0.15) is 30.0 Å². The van der Waals surface area contributed by atoms with E-state index < -0.39 is 0 Å².